The molecular weight excluding hydrogens is 402 g/mol. The Morgan fingerprint density at radius 3 is 2.48 bits per heavy atom. The van der Waals surface area contributed by atoms with Gasteiger partial charge in [-0.1, -0.05) is 43.8 Å². The lowest BCUT2D eigenvalue weighted by molar-refractivity contribution is -0.898. The van der Waals surface area contributed by atoms with Crippen molar-refractivity contribution < 1.29 is 9.28 Å². The summed E-state index contributed by atoms with van der Waals surface area (Å²) >= 11 is 1.76. The lowest BCUT2D eigenvalue weighted by atomic mass is 9.95. The third-order valence-electron chi connectivity index (χ3n) is 6.84. The number of amides is 1. The number of anilines is 2. The minimum atomic E-state index is -0.311. The third kappa shape index (κ3) is 4.49. The quantitative estimate of drug-likeness (QED) is 0.572. The van der Waals surface area contributed by atoms with E-state index in [-0.39, 0.29) is 11.9 Å². The summed E-state index contributed by atoms with van der Waals surface area (Å²) in [6.07, 6.45) is 4.54. The summed E-state index contributed by atoms with van der Waals surface area (Å²) in [4.78, 5) is 17.6. The molecule has 0 spiro atoms. The largest absolute Gasteiger partial charge is 0.366 e. The van der Waals surface area contributed by atoms with Crippen molar-refractivity contribution in [2.45, 2.75) is 62.3 Å². The van der Waals surface area contributed by atoms with Gasteiger partial charge in [-0.05, 0) is 49.4 Å². The van der Waals surface area contributed by atoms with Crippen LogP contribution in [-0.2, 0) is 6.42 Å². The van der Waals surface area contributed by atoms with E-state index in [1.165, 1.54) is 36.5 Å². The molecule has 1 unspecified atom stereocenters. The maximum absolute atomic E-state index is 12.8. The summed E-state index contributed by atoms with van der Waals surface area (Å²) in [5, 5.41) is 0. The number of hydrogen-bond acceptors (Lipinski definition) is 3. The molecule has 31 heavy (non-hydrogen) atoms. The Kier molecular flexibility index (Phi) is 6.36. The molecule has 4 rings (SSSR count). The van der Waals surface area contributed by atoms with E-state index in [2.05, 4.69) is 69.1 Å². The average molecular weight is 439 g/mol. The van der Waals surface area contributed by atoms with E-state index in [9.17, 15) is 4.79 Å². The second-order valence-electron chi connectivity index (χ2n) is 9.99. The van der Waals surface area contributed by atoms with E-state index in [0.29, 0.717) is 5.92 Å². The van der Waals surface area contributed by atoms with Gasteiger partial charge in [-0.25, -0.2) is 0 Å². The smallest absolute Gasteiger partial charge is 0.251 e. The van der Waals surface area contributed by atoms with Crippen LogP contribution >= 0.6 is 11.8 Å². The maximum atomic E-state index is 12.8. The van der Waals surface area contributed by atoms with Crippen LogP contribution in [0.1, 0.15) is 56.0 Å². The third-order valence-corrected chi connectivity index (χ3v) is 7.96. The normalized spacial score (nSPS) is 18.0. The summed E-state index contributed by atoms with van der Waals surface area (Å²) in [6, 6.07) is 13.2. The number of para-hydroxylation sites is 1. The van der Waals surface area contributed by atoms with Crippen LogP contribution in [0.3, 0.4) is 0 Å². The Morgan fingerprint density at radius 1 is 1.10 bits per heavy atom. The highest BCUT2D eigenvalue weighted by Gasteiger charge is 2.36. The van der Waals surface area contributed by atoms with Gasteiger partial charge in [-0.2, -0.15) is 0 Å². The number of primary amides is 1. The maximum Gasteiger partial charge on any atom is 0.251 e. The number of aryl methyl sites for hydroxylation is 1. The van der Waals surface area contributed by atoms with E-state index in [0.717, 1.165) is 45.6 Å². The summed E-state index contributed by atoms with van der Waals surface area (Å²) in [7, 11) is 2.38. The van der Waals surface area contributed by atoms with Crippen molar-refractivity contribution in [1.82, 2.24) is 0 Å². The van der Waals surface area contributed by atoms with Crippen LogP contribution < -0.4 is 10.6 Å². The van der Waals surface area contributed by atoms with E-state index in [1.54, 1.807) is 11.8 Å². The van der Waals surface area contributed by atoms with Gasteiger partial charge in [0, 0.05) is 22.6 Å². The molecule has 1 atom stereocenters. The molecule has 0 radical (unpaired) electrons. The van der Waals surface area contributed by atoms with Gasteiger partial charge in [-0.15, -0.1) is 0 Å². The molecule has 166 valence electrons. The molecule has 2 N–H and O–H groups in total. The molecule has 2 aliphatic rings. The highest BCUT2D eigenvalue weighted by atomic mass is 32.2. The molecular formula is C26H36N3OS+. The Bertz CT molecular complexity index is 965. The topological polar surface area (TPSA) is 46.3 Å². The van der Waals surface area contributed by atoms with Gasteiger partial charge in [-0.3, -0.25) is 4.79 Å². The van der Waals surface area contributed by atoms with Crippen molar-refractivity contribution in [3.63, 3.8) is 0 Å². The number of hydrogen-bond donors (Lipinski definition) is 1. The summed E-state index contributed by atoms with van der Waals surface area (Å²) in [6.45, 7) is 10.3. The number of likely N-dealkylation sites (N-methyl/N-ethyl adjacent to an activating group) is 1. The first kappa shape index (κ1) is 22.2. The number of carbonyl (C=O) groups excluding carboxylic acids is 1. The minimum absolute atomic E-state index is 0.266. The molecule has 0 saturated carbocycles. The zero-order valence-electron chi connectivity index (χ0n) is 19.4. The molecule has 2 aliphatic heterocycles. The summed E-state index contributed by atoms with van der Waals surface area (Å²) < 4.78 is 1.10. The van der Waals surface area contributed by atoms with Gasteiger partial charge in [0.25, 0.3) is 5.91 Å². The molecule has 1 fully saturated rings. The van der Waals surface area contributed by atoms with Crippen molar-refractivity contribution in [2.75, 3.05) is 31.6 Å². The molecule has 1 amide bonds. The number of nitrogens with two attached hydrogens (primary N) is 1. The van der Waals surface area contributed by atoms with Gasteiger partial charge in [0.05, 0.1) is 49.7 Å². The zero-order valence-corrected chi connectivity index (χ0v) is 20.2. The average Bonchev–Trinajstić information content (AvgIpc) is 3.15. The van der Waals surface area contributed by atoms with Crippen molar-refractivity contribution in [1.29, 1.82) is 0 Å². The van der Waals surface area contributed by atoms with Gasteiger partial charge < -0.3 is 15.1 Å². The van der Waals surface area contributed by atoms with E-state index >= 15 is 0 Å². The van der Waals surface area contributed by atoms with Crippen LogP contribution in [0, 0.1) is 5.92 Å². The zero-order chi connectivity index (χ0) is 22.2. The Balaban J connectivity index is 1.82. The molecule has 0 aliphatic carbocycles. The van der Waals surface area contributed by atoms with Crippen LogP contribution in [0.4, 0.5) is 11.4 Å². The molecule has 4 nitrogen and oxygen atoms in total. The monoisotopic (exact) mass is 438 g/mol. The lowest BCUT2D eigenvalue weighted by Crippen LogP contribution is -2.50. The number of nitrogens with zero attached hydrogens (tertiary/aromatic N) is 2. The number of carbonyl (C=O) groups is 1. The fraction of sp³-hybridized carbons (Fsp3) is 0.500. The fourth-order valence-electron chi connectivity index (χ4n) is 5.30. The fourth-order valence-corrected chi connectivity index (χ4v) is 6.39. The van der Waals surface area contributed by atoms with Crippen molar-refractivity contribution >= 4 is 29.0 Å². The van der Waals surface area contributed by atoms with E-state index in [4.69, 9.17) is 5.73 Å². The van der Waals surface area contributed by atoms with Gasteiger partial charge >= 0.3 is 0 Å². The van der Waals surface area contributed by atoms with Crippen LogP contribution in [-0.4, -0.2) is 43.1 Å². The molecule has 2 aromatic rings. The number of fused-ring (bicyclic) bond motifs is 2. The molecule has 2 heterocycles. The van der Waals surface area contributed by atoms with Crippen LogP contribution in [0.25, 0.3) is 0 Å². The lowest BCUT2D eigenvalue weighted by Gasteiger charge is -2.42. The minimum Gasteiger partial charge on any atom is -0.366 e. The van der Waals surface area contributed by atoms with E-state index < -0.39 is 0 Å². The Labute approximate surface area is 191 Å². The molecule has 1 saturated heterocycles. The van der Waals surface area contributed by atoms with Gasteiger partial charge in [0.2, 0.25) is 0 Å². The Hall–Kier alpha value is -1.98. The first-order valence-electron chi connectivity index (χ1n) is 11.6. The van der Waals surface area contributed by atoms with Crippen molar-refractivity contribution in [3.8, 4) is 0 Å². The predicted molar refractivity (Wildman–Crippen MR) is 130 cm³/mol. The standard InChI is InChI=1S/C26H35N3OS/c1-18(2)11-12-20-13-14-23-25(24(20)26(27)30)28(21-9-5-6-10-22(21)31-23)19(3)17-29(4)15-7-8-16-29/h5-6,9-10,13-14,18-19H,7-8,11-12,15-17H2,1-4H3,(H-,27,30)/p+1. The van der Waals surface area contributed by atoms with Crippen molar-refractivity contribution in [3.05, 3.63) is 47.5 Å². The molecule has 2 aromatic carbocycles. The number of benzene rings is 2. The van der Waals surface area contributed by atoms with Crippen LogP contribution in [0.2, 0.25) is 0 Å². The summed E-state index contributed by atoms with van der Waals surface area (Å²) in [5.41, 5.74) is 10.1. The first-order valence-corrected chi connectivity index (χ1v) is 12.5. The highest BCUT2D eigenvalue weighted by Crippen LogP contribution is 2.51. The highest BCUT2D eigenvalue weighted by molar-refractivity contribution is 7.99. The number of quaternary nitrogens is 1. The molecule has 0 bridgehead atoms. The SMILES string of the molecule is CC(C)CCc1ccc2c(c1C(N)=O)N(C(C)C[N+]1(C)CCCC1)c1ccccc1S2. The van der Waals surface area contributed by atoms with Gasteiger partial charge in [0.15, 0.2) is 0 Å². The summed E-state index contributed by atoms with van der Waals surface area (Å²) in [5.74, 6) is 0.274. The first-order chi connectivity index (χ1) is 14.8. The predicted octanol–water partition coefficient (Wildman–Crippen LogP) is 5.61. The Morgan fingerprint density at radius 2 is 1.81 bits per heavy atom. The number of likely N-dealkylation sites (tertiary alicyclic amines) is 1. The van der Waals surface area contributed by atoms with Crippen LogP contribution in [0.15, 0.2) is 46.2 Å². The van der Waals surface area contributed by atoms with Gasteiger partial charge in [0.1, 0.15) is 0 Å². The molecule has 0 aromatic heterocycles. The van der Waals surface area contributed by atoms with Crippen molar-refractivity contribution in [2.24, 2.45) is 11.7 Å². The molecule has 5 heteroatoms. The number of rotatable bonds is 7. The second-order valence-corrected chi connectivity index (χ2v) is 11.1. The second kappa shape index (κ2) is 8.87. The van der Waals surface area contributed by atoms with E-state index in [1.807, 2.05) is 0 Å². The van der Waals surface area contributed by atoms with Crippen LogP contribution in [0.5, 0.6) is 0 Å².